The number of hydrogen-bond acceptors (Lipinski definition) is 4. The normalized spacial score (nSPS) is 16.0. The van der Waals surface area contributed by atoms with E-state index in [1.54, 1.807) is 18.9 Å². The van der Waals surface area contributed by atoms with Crippen molar-refractivity contribution in [3.05, 3.63) is 0 Å². The Morgan fingerprint density at radius 3 is 2.08 bits per heavy atom. The predicted molar refractivity (Wildman–Crippen MR) is 94.0 cm³/mol. The minimum Gasteiger partial charge on any atom is -0.450 e. The highest BCUT2D eigenvalue weighted by molar-refractivity contribution is 5.82. The Bertz CT molecular complexity index is 451. The molecule has 24 heavy (non-hydrogen) atoms. The first-order valence-electron chi connectivity index (χ1n) is 8.45. The second kappa shape index (κ2) is 9.34. The van der Waals surface area contributed by atoms with Gasteiger partial charge < -0.3 is 25.2 Å². The zero-order valence-electron chi connectivity index (χ0n) is 15.5. The number of nitrogens with zero attached hydrogens (tertiary/aromatic N) is 3. The van der Waals surface area contributed by atoms with Crippen molar-refractivity contribution in [2.24, 2.45) is 10.4 Å². The SMILES string of the molecule is CCOC(=O)N1CCN(C(=NC)NCCNC(=O)C(C)(C)C)CC1. The van der Waals surface area contributed by atoms with Crippen LogP contribution in [0.25, 0.3) is 0 Å². The van der Waals surface area contributed by atoms with Crippen molar-refractivity contribution in [2.75, 3.05) is 52.9 Å². The number of guanidine groups is 1. The standard InChI is InChI=1S/C16H31N5O3/c1-6-24-15(23)21-11-9-20(10-12-21)14(17-5)19-8-7-18-13(22)16(2,3)4/h6-12H2,1-5H3,(H,17,19)(H,18,22). The van der Waals surface area contributed by atoms with Gasteiger partial charge >= 0.3 is 6.09 Å². The lowest BCUT2D eigenvalue weighted by Crippen LogP contribution is -2.54. The number of nitrogens with one attached hydrogen (secondary N) is 2. The lowest BCUT2D eigenvalue weighted by molar-refractivity contribution is -0.128. The molecular weight excluding hydrogens is 310 g/mol. The first kappa shape index (κ1) is 20.1. The molecule has 0 bridgehead atoms. The second-order valence-electron chi connectivity index (χ2n) is 6.65. The number of carbonyl (C=O) groups excluding carboxylic acids is 2. The molecule has 0 saturated carbocycles. The van der Waals surface area contributed by atoms with E-state index in [0.29, 0.717) is 45.9 Å². The molecule has 1 heterocycles. The van der Waals surface area contributed by atoms with Crippen LogP contribution in [-0.4, -0.2) is 80.7 Å². The summed E-state index contributed by atoms with van der Waals surface area (Å²) < 4.78 is 5.02. The fourth-order valence-corrected chi connectivity index (χ4v) is 2.26. The Labute approximate surface area is 144 Å². The molecule has 8 heteroatoms. The summed E-state index contributed by atoms with van der Waals surface area (Å²) in [6.45, 7) is 11.6. The topological polar surface area (TPSA) is 86.3 Å². The van der Waals surface area contributed by atoms with Crippen LogP contribution >= 0.6 is 0 Å². The first-order chi connectivity index (χ1) is 11.3. The molecule has 1 aliphatic heterocycles. The molecule has 138 valence electrons. The van der Waals surface area contributed by atoms with E-state index in [0.717, 1.165) is 5.96 Å². The number of aliphatic imine (C=N–C) groups is 1. The van der Waals surface area contributed by atoms with Gasteiger partial charge in [0.1, 0.15) is 0 Å². The van der Waals surface area contributed by atoms with Gasteiger partial charge in [0, 0.05) is 51.7 Å². The Balaban J connectivity index is 2.33. The minimum atomic E-state index is -0.384. The summed E-state index contributed by atoms with van der Waals surface area (Å²) in [7, 11) is 1.73. The van der Waals surface area contributed by atoms with E-state index < -0.39 is 0 Å². The van der Waals surface area contributed by atoms with Gasteiger partial charge in [-0.05, 0) is 6.92 Å². The van der Waals surface area contributed by atoms with E-state index in [1.165, 1.54) is 0 Å². The molecule has 0 unspecified atom stereocenters. The number of piperazine rings is 1. The molecule has 1 saturated heterocycles. The number of amides is 2. The maximum Gasteiger partial charge on any atom is 0.409 e. The van der Waals surface area contributed by atoms with Gasteiger partial charge in [-0.25, -0.2) is 4.79 Å². The van der Waals surface area contributed by atoms with Crippen molar-refractivity contribution in [2.45, 2.75) is 27.7 Å². The Morgan fingerprint density at radius 1 is 1.04 bits per heavy atom. The summed E-state index contributed by atoms with van der Waals surface area (Å²) >= 11 is 0. The average molecular weight is 341 g/mol. The molecule has 8 nitrogen and oxygen atoms in total. The fraction of sp³-hybridized carbons (Fsp3) is 0.812. The quantitative estimate of drug-likeness (QED) is 0.442. The molecule has 0 aromatic carbocycles. The minimum absolute atomic E-state index is 0.0299. The summed E-state index contributed by atoms with van der Waals surface area (Å²) in [5, 5.41) is 6.14. The van der Waals surface area contributed by atoms with Crippen LogP contribution in [0.2, 0.25) is 0 Å². The Hall–Kier alpha value is -1.99. The zero-order chi connectivity index (χ0) is 18.2. The molecule has 0 atom stereocenters. The van der Waals surface area contributed by atoms with Crippen LogP contribution in [0.1, 0.15) is 27.7 Å². The molecule has 0 aromatic rings. The van der Waals surface area contributed by atoms with Gasteiger partial charge in [0.2, 0.25) is 5.91 Å². The third-order valence-corrected chi connectivity index (χ3v) is 3.69. The zero-order valence-corrected chi connectivity index (χ0v) is 15.5. The van der Waals surface area contributed by atoms with Gasteiger partial charge in [-0.1, -0.05) is 20.8 Å². The van der Waals surface area contributed by atoms with Crippen molar-refractivity contribution >= 4 is 18.0 Å². The number of hydrogen-bond donors (Lipinski definition) is 2. The largest absolute Gasteiger partial charge is 0.450 e. The monoisotopic (exact) mass is 341 g/mol. The molecule has 0 aliphatic carbocycles. The van der Waals surface area contributed by atoms with Gasteiger partial charge in [0.15, 0.2) is 5.96 Å². The van der Waals surface area contributed by atoms with Crippen molar-refractivity contribution in [3.8, 4) is 0 Å². The number of carbonyl (C=O) groups is 2. The van der Waals surface area contributed by atoms with E-state index >= 15 is 0 Å². The molecule has 1 rings (SSSR count). The van der Waals surface area contributed by atoms with Gasteiger partial charge in [0.25, 0.3) is 0 Å². The highest BCUT2D eigenvalue weighted by Crippen LogP contribution is 2.11. The summed E-state index contributed by atoms with van der Waals surface area (Å²) in [6.07, 6.45) is -0.259. The number of rotatable bonds is 4. The molecule has 0 spiro atoms. The summed E-state index contributed by atoms with van der Waals surface area (Å²) in [5.41, 5.74) is -0.384. The van der Waals surface area contributed by atoms with E-state index in [-0.39, 0.29) is 17.4 Å². The lowest BCUT2D eigenvalue weighted by Gasteiger charge is -2.35. The molecule has 2 amide bonds. The molecule has 2 N–H and O–H groups in total. The van der Waals surface area contributed by atoms with Gasteiger partial charge in [-0.15, -0.1) is 0 Å². The molecule has 1 aliphatic rings. The van der Waals surface area contributed by atoms with Gasteiger partial charge in [-0.2, -0.15) is 0 Å². The van der Waals surface area contributed by atoms with Crippen molar-refractivity contribution in [1.29, 1.82) is 0 Å². The number of ether oxygens (including phenoxy) is 1. The molecule has 1 fully saturated rings. The Morgan fingerprint density at radius 2 is 1.58 bits per heavy atom. The van der Waals surface area contributed by atoms with Crippen LogP contribution in [0.3, 0.4) is 0 Å². The molecule has 0 aromatic heterocycles. The third kappa shape index (κ3) is 6.25. The average Bonchev–Trinajstić information content (AvgIpc) is 2.54. The summed E-state index contributed by atoms with van der Waals surface area (Å²) in [5.74, 6) is 0.811. The highest BCUT2D eigenvalue weighted by atomic mass is 16.6. The van der Waals surface area contributed by atoms with Crippen LogP contribution in [0.5, 0.6) is 0 Å². The molecular formula is C16H31N5O3. The smallest absolute Gasteiger partial charge is 0.409 e. The van der Waals surface area contributed by atoms with Crippen molar-refractivity contribution < 1.29 is 14.3 Å². The van der Waals surface area contributed by atoms with Crippen molar-refractivity contribution in [3.63, 3.8) is 0 Å². The third-order valence-electron chi connectivity index (χ3n) is 3.69. The van der Waals surface area contributed by atoms with E-state index in [4.69, 9.17) is 4.74 Å². The van der Waals surface area contributed by atoms with Crippen molar-refractivity contribution in [1.82, 2.24) is 20.4 Å². The maximum absolute atomic E-state index is 11.8. The maximum atomic E-state index is 11.8. The second-order valence-corrected chi connectivity index (χ2v) is 6.65. The fourth-order valence-electron chi connectivity index (χ4n) is 2.26. The first-order valence-corrected chi connectivity index (χ1v) is 8.45. The van der Waals surface area contributed by atoms with E-state index in [2.05, 4.69) is 20.5 Å². The van der Waals surface area contributed by atoms with E-state index in [9.17, 15) is 9.59 Å². The van der Waals surface area contributed by atoms with E-state index in [1.807, 2.05) is 20.8 Å². The van der Waals surface area contributed by atoms with Crippen LogP contribution in [0.4, 0.5) is 4.79 Å². The Kier molecular flexibility index (Phi) is 7.81. The lowest BCUT2D eigenvalue weighted by atomic mass is 9.96. The van der Waals surface area contributed by atoms with Crippen LogP contribution in [-0.2, 0) is 9.53 Å². The summed E-state index contributed by atoms with van der Waals surface area (Å²) in [6, 6.07) is 0. The highest BCUT2D eigenvalue weighted by Gasteiger charge is 2.24. The van der Waals surface area contributed by atoms with Gasteiger partial charge in [-0.3, -0.25) is 9.79 Å². The van der Waals surface area contributed by atoms with Crippen LogP contribution < -0.4 is 10.6 Å². The van der Waals surface area contributed by atoms with Crippen LogP contribution in [0.15, 0.2) is 4.99 Å². The van der Waals surface area contributed by atoms with Gasteiger partial charge in [0.05, 0.1) is 6.61 Å². The predicted octanol–water partition coefficient (Wildman–Crippen LogP) is 0.498. The van der Waals surface area contributed by atoms with Crippen LogP contribution in [0, 0.1) is 5.41 Å². The summed E-state index contributed by atoms with van der Waals surface area (Å²) in [4.78, 5) is 31.6. The molecule has 0 radical (unpaired) electrons.